The number of carboxylic acid groups (broad SMARTS) is 1. The van der Waals surface area contributed by atoms with E-state index in [-0.39, 0.29) is 17.1 Å². The third-order valence-electron chi connectivity index (χ3n) is 3.46. The summed E-state index contributed by atoms with van der Waals surface area (Å²) in [5.41, 5.74) is 0.253. The van der Waals surface area contributed by atoms with Crippen LogP contribution < -0.4 is 4.90 Å². The number of hydrogen-bond donors (Lipinski definition) is 1. The van der Waals surface area contributed by atoms with Crippen molar-refractivity contribution in [2.45, 2.75) is 17.7 Å². The molecule has 0 saturated carbocycles. The van der Waals surface area contributed by atoms with Gasteiger partial charge in [-0.3, -0.25) is 4.79 Å². The highest BCUT2D eigenvalue weighted by Crippen LogP contribution is 2.27. The number of rotatable bonds is 3. The average molecular weight is 301 g/mol. The molecule has 110 valence electrons. The first kappa shape index (κ1) is 14.8. The second-order valence-electron chi connectivity index (χ2n) is 5.01. The van der Waals surface area contributed by atoms with Gasteiger partial charge in [0.2, 0.25) is 0 Å². The van der Waals surface area contributed by atoms with Gasteiger partial charge in [-0.1, -0.05) is 0 Å². The highest BCUT2D eigenvalue weighted by atomic mass is 32.2. The largest absolute Gasteiger partial charge is 0.481 e. The molecular formula is C13H16FNO4S. The van der Waals surface area contributed by atoms with Crippen LogP contribution in [0.1, 0.15) is 12.8 Å². The van der Waals surface area contributed by atoms with Crippen LogP contribution in [0.15, 0.2) is 23.1 Å². The van der Waals surface area contributed by atoms with Gasteiger partial charge in [0.15, 0.2) is 9.84 Å². The Balaban J connectivity index is 2.27. The molecule has 20 heavy (non-hydrogen) atoms. The summed E-state index contributed by atoms with van der Waals surface area (Å²) in [4.78, 5) is 12.6. The average Bonchev–Trinajstić information content (AvgIpc) is 2.37. The molecule has 1 aromatic rings. The lowest BCUT2D eigenvalue weighted by Crippen LogP contribution is -2.39. The molecule has 0 spiro atoms. The Morgan fingerprint density at radius 1 is 1.45 bits per heavy atom. The molecule has 0 radical (unpaired) electrons. The van der Waals surface area contributed by atoms with E-state index in [9.17, 15) is 17.6 Å². The molecule has 1 N–H and O–H groups in total. The molecule has 0 bridgehead atoms. The Hall–Kier alpha value is -1.63. The van der Waals surface area contributed by atoms with Crippen molar-refractivity contribution in [3.63, 3.8) is 0 Å². The number of piperidine rings is 1. The predicted octanol–water partition coefficient (Wildman–Crippen LogP) is 1.53. The number of halogens is 1. The molecule has 0 aliphatic carbocycles. The monoisotopic (exact) mass is 301 g/mol. The van der Waals surface area contributed by atoms with Gasteiger partial charge in [-0.15, -0.1) is 0 Å². The highest BCUT2D eigenvalue weighted by Gasteiger charge is 2.27. The Morgan fingerprint density at radius 2 is 2.15 bits per heavy atom. The lowest BCUT2D eigenvalue weighted by molar-refractivity contribution is -0.141. The normalized spacial score (nSPS) is 19.9. The third kappa shape index (κ3) is 3.09. The van der Waals surface area contributed by atoms with E-state index in [0.717, 1.165) is 12.3 Å². The van der Waals surface area contributed by atoms with Gasteiger partial charge >= 0.3 is 5.97 Å². The predicted molar refractivity (Wildman–Crippen MR) is 72.1 cm³/mol. The van der Waals surface area contributed by atoms with E-state index in [1.807, 2.05) is 0 Å². The molecule has 1 saturated heterocycles. The van der Waals surface area contributed by atoms with Gasteiger partial charge in [0.05, 0.1) is 16.5 Å². The topological polar surface area (TPSA) is 74.7 Å². The number of carbonyl (C=O) groups is 1. The van der Waals surface area contributed by atoms with Crippen molar-refractivity contribution in [3.05, 3.63) is 24.0 Å². The third-order valence-corrected chi connectivity index (χ3v) is 4.57. The summed E-state index contributed by atoms with van der Waals surface area (Å²) in [6, 6.07) is 3.73. The van der Waals surface area contributed by atoms with Crippen molar-refractivity contribution >= 4 is 21.5 Å². The van der Waals surface area contributed by atoms with E-state index >= 15 is 0 Å². The van der Waals surface area contributed by atoms with Crippen LogP contribution in [0.5, 0.6) is 0 Å². The maximum Gasteiger partial charge on any atom is 0.308 e. The van der Waals surface area contributed by atoms with Gasteiger partial charge in [0.25, 0.3) is 0 Å². The zero-order valence-corrected chi connectivity index (χ0v) is 11.9. The molecule has 7 heteroatoms. The zero-order valence-electron chi connectivity index (χ0n) is 11.0. The number of benzene rings is 1. The maximum atomic E-state index is 14.0. The molecule has 0 aromatic heterocycles. The van der Waals surface area contributed by atoms with Gasteiger partial charge in [-0.25, -0.2) is 12.8 Å². The summed E-state index contributed by atoms with van der Waals surface area (Å²) in [5.74, 6) is -2.04. The number of sulfone groups is 1. The van der Waals surface area contributed by atoms with Crippen LogP contribution in [-0.4, -0.2) is 38.8 Å². The summed E-state index contributed by atoms with van der Waals surface area (Å²) >= 11 is 0. The van der Waals surface area contributed by atoms with Crippen molar-refractivity contribution in [1.82, 2.24) is 0 Å². The van der Waals surface area contributed by atoms with Gasteiger partial charge in [0, 0.05) is 19.3 Å². The van der Waals surface area contributed by atoms with Crippen molar-refractivity contribution in [1.29, 1.82) is 0 Å². The second-order valence-corrected chi connectivity index (χ2v) is 7.02. The van der Waals surface area contributed by atoms with E-state index in [2.05, 4.69) is 0 Å². The fourth-order valence-electron chi connectivity index (χ4n) is 2.37. The molecule has 2 rings (SSSR count). The summed E-state index contributed by atoms with van der Waals surface area (Å²) in [6.45, 7) is 0.809. The Kier molecular flexibility index (Phi) is 3.99. The first-order valence-electron chi connectivity index (χ1n) is 6.26. The molecule has 0 amide bonds. The summed E-state index contributed by atoms with van der Waals surface area (Å²) < 4.78 is 36.8. The number of hydrogen-bond acceptors (Lipinski definition) is 4. The number of carboxylic acids is 1. The van der Waals surface area contributed by atoms with E-state index in [1.54, 1.807) is 4.90 Å². The van der Waals surface area contributed by atoms with Crippen LogP contribution in [-0.2, 0) is 14.6 Å². The molecule has 1 aromatic carbocycles. The fourth-order valence-corrected chi connectivity index (χ4v) is 3.01. The Bertz CT molecular complexity index is 629. The van der Waals surface area contributed by atoms with Gasteiger partial charge in [-0.05, 0) is 31.0 Å². The SMILES string of the molecule is CS(=O)(=O)c1ccc(N2CCC[C@@H](C(=O)O)C2)c(F)c1. The number of anilines is 1. The van der Waals surface area contributed by atoms with Crippen molar-refractivity contribution in [3.8, 4) is 0 Å². The van der Waals surface area contributed by atoms with E-state index in [1.165, 1.54) is 12.1 Å². The summed E-state index contributed by atoms with van der Waals surface area (Å²) in [6.07, 6.45) is 2.27. The summed E-state index contributed by atoms with van der Waals surface area (Å²) in [7, 11) is -3.45. The van der Waals surface area contributed by atoms with Crippen molar-refractivity contribution in [2.24, 2.45) is 5.92 Å². The maximum absolute atomic E-state index is 14.0. The molecule has 0 unspecified atom stereocenters. The zero-order chi connectivity index (χ0) is 14.9. The minimum atomic E-state index is -3.45. The van der Waals surface area contributed by atoms with Crippen LogP contribution in [0.25, 0.3) is 0 Å². The minimum absolute atomic E-state index is 0.0782. The molecule has 1 heterocycles. The van der Waals surface area contributed by atoms with Gasteiger partial charge < -0.3 is 10.0 Å². The summed E-state index contributed by atoms with van der Waals surface area (Å²) in [5, 5.41) is 9.02. The van der Waals surface area contributed by atoms with Crippen molar-refractivity contribution < 1.29 is 22.7 Å². The number of nitrogens with zero attached hydrogens (tertiary/aromatic N) is 1. The van der Waals surface area contributed by atoms with Crippen LogP contribution >= 0.6 is 0 Å². The first-order chi connectivity index (χ1) is 9.29. The molecule has 5 nitrogen and oxygen atoms in total. The van der Waals surface area contributed by atoms with Crippen LogP contribution in [0.4, 0.5) is 10.1 Å². The standard InChI is InChI=1S/C13H16FNO4S/c1-20(18,19)10-4-5-12(11(14)7-10)15-6-2-3-9(8-15)13(16)17/h4-5,7,9H,2-3,6,8H2,1H3,(H,16,17)/t9-/m1/s1. The van der Waals surface area contributed by atoms with E-state index in [4.69, 9.17) is 5.11 Å². The van der Waals surface area contributed by atoms with Crippen LogP contribution in [0.2, 0.25) is 0 Å². The highest BCUT2D eigenvalue weighted by molar-refractivity contribution is 7.90. The van der Waals surface area contributed by atoms with Gasteiger partial charge in [-0.2, -0.15) is 0 Å². The quantitative estimate of drug-likeness (QED) is 0.916. The second kappa shape index (κ2) is 5.40. The Labute approximate surface area is 116 Å². The molecule has 1 aliphatic heterocycles. The first-order valence-corrected chi connectivity index (χ1v) is 8.15. The van der Waals surface area contributed by atoms with Gasteiger partial charge in [0.1, 0.15) is 5.82 Å². The lowest BCUT2D eigenvalue weighted by Gasteiger charge is -2.32. The Morgan fingerprint density at radius 3 is 2.70 bits per heavy atom. The minimum Gasteiger partial charge on any atom is -0.481 e. The van der Waals surface area contributed by atoms with Crippen molar-refractivity contribution in [2.75, 3.05) is 24.2 Å². The molecule has 1 atom stereocenters. The fraction of sp³-hybridized carbons (Fsp3) is 0.462. The van der Waals surface area contributed by atoms with E-state index in [0.29, 0.717) is 19.4 Å². The smallest absolute Gasteiger partial charge is 0.308 e. The lowest BCUT2D eigenvalue weighted by atomic mass is 9.98. The molecule has 1 aliphatic rings. The van der Waals surface area contributed by atoms with Crippen LogP contribution in [0.3, 0.4) is 0 Å². The van der Waals surface area contributed by atoms with E-state index < -0.39 is 27.5 Å². The molecule has 1 fully saturated rings. The number of aliphatic carboxylic acids is 1. The van der Waals surface area contributed by atoms with Crippen LogP contribution in [0, 0.1) is 11.7 Å². The molecular weight excluding hydrogens is 285 g/mol.